The summed E-state index contributed by atoms with van der Waals surface area (Å²) < 4.78 is 0. The molecule has 0 radical (unpaired) electrons. The lowest BCUT2D eigenvalue weighted by molar-refractivity contribution is -0.727. The van der Waals surface area contributed by atoms with Gasteiger partial charge in [-0.15, -0.1) is 10.1 Å². The second kappa shape index (κ2) is 3.11. The zero-order valence-corrected chi connectivity index (χ0v) is 6.04. The molecule has 1 heterocycles. The highest BCUT2D eigenvalue weighted by Gasteiger charge is 2.09. The third-order valence-corrected chi connectivity index (χ3v) is 1.60. The highest BCUT2D eigenvalue weighted by Crippen LogP contribution is 2.06. The Labute approximate surface area is 65.3 Å². The molecular weight excluding hydrogens is 170 g/mol. The van der Waals surface area contributed by atoms with Crippen LogP contribution in [0, 0.1) is 10.1 Å². The Bertz CT molecular complexity index is 268. The summed E-state index contributed by atoms with van der Waals surface area (Å²) in [7, 11) is 0. The average Bonchev–Trinajstić information content (AvgIpc) is 2.35. The highest BCUT2D eigenvalue weighted by atomic mass is 32.1. The molecule has 0 atom stereocenters. The largest absolute Gasteiger partial charge is 0.335 e. The van der Waals surface area contributed by atoms with E-state index in [0.29, 0.717) is 0 Å². The van der Waals surface area contributed by atoms with Crippen molar-refractivity contribution in [3.8, 4) is 0 Å². The Morgan fingerprint density at radius 3 is 2.91 bits per heavy atom. The normalized spacial score (nSPS) is 9.09. The third-order valence-electron chi connectivity index (χ3n) is 0.914. The van der Waals surface area contributed by atoms with Gasteiger partial charge >= 0.3 is 11.1 Å². The standard InChI is InChI=1S/C5H3NO4S/c7-5(10-6(8)9)4-1-2-11-3-4/h1-3H. The van der Waals surface area contributed by atoms with Gasteiger partial charge in [-0.25, -0.2) is 4.84 Å². The van der Waals surface area contributed by atoms with Crippen LogP contribution in [0.2, 0.25) is 0 Å². The van der Waals surface area contributed by atoms with Crippen LogP contribution in [-0.4, -0.2) is 11.1 Å². The summed E-state index contributed by atoms with van der Waals surface area (Å²) in [4.78, 5) is 24.0. The fourth-order valence-electron chi connectivity index (χ4n) is 0.501. The predicted molar refractivity (Wildman–Crippen MR) is 36.7 cm³/mol. The highest BCUT2D eigenvalue weighted by molar-refractivity contribution is 7.08. The molecule has 1 rings (SSSR count). The predicted octanol–water partition coefficient (Wildman–Crippen LogP) is 1.10. The average molecular weight is 173 g/mol. The number of carbonyl (C=O) groups excluding carboxylic acids is 1. The van der Waals surface area contributed by atoms with Crippen LogP contribution in [0.3, 0.4) is 0 Å². The summed E-state index contributed by atoms with van der Waals surface area (Å²) in [6.45, 7) is 0. The zero-order chi connectivity index (χ0) is 8.27. The van der Waals surface area contributed by atoms with Crippen LogP contribution in [0.15, 0.2) is 16.8 Å². The quantitative estimate of drug-likeness (QED) is 0.496. The minimum absolute atomic E-state index is 0.201. The van der Waals surface area contributed by atoms with Gasteiger partial charge in [-0.1, -0.05) is 0 Å². The molecule has 0 aliphatic heterocycles. The van der Waals surface area contributed by atoms with Gasteiger partial charge in [0.15, 0.2) is 0 Å². The number of hydrogen-bond acceptors (Lipinski definition) is 5. The van der Waals surface area contributed by atoms with Crippen molar-refractivity contribution < 1.29 is 14.7 Å². The molecule has 0 saturated carbocycles. The molecule has 5 nitrogen and oxygen atoms in total. The van der Waals surface area contributed by atoms with Gasteiger partial charge in [0.2, 0.25) is 0 Å². The lowest BCUT2D eigenvalue weighted by atomic mass is 10.4. The van der Waals surface area contributed by atoms with Crippen molar-refractivity contribution in [3.63, 3.8) is 0 Å². The van der Waals surface area contributed by atoms with Crippen LogP contribution in [0.25, 0.3) is 0 Å². The number of rotatable bonds is 2. The molecule has 0 saturated heterocycles. The van der Waals surface area contributed by atoms with Crippen LogP contribution < -0.4 is 0 Å². The van der Waals surface area contributed by atoms with E-state index in [9.17, 15) is 14.9 Å². The number of nitrogens with zero attached hydrogens (tertiary/aromatic N) is 1. The van der Waals surface area contributed by atoms with Crippen molar-refractivity contribution in [1.29, 1.82) is 0 Å². The van der Waals surface area contributed by atoms with E-state index in [2.05, 4.69) is 4.84 Å². The van der Waals surface area contributed by atoms with Gasteiger partial charge in [-0.3, -0.25) is 4.79 Å². The molecule has 0 spiro atoms. The van der Waals surface area contributed by atoms with Crippen molar-refractivity contribution >= 4 is 17.3 Å². The van der Waals surface area contributed by atoms with Crippen LogP contribution in [-0.2, 0) is 4.84 Å². The van der Waals surface area contributed by atoms with E-state index in [0.717, 1.165) is 0 Å². The molecule has 0 N–H and O–H groups in total. The Kier molecular flexibility index (Phi) is 2.17. The minimum atomic E-state index is -1.12. The van der Waals surface area contributed by atoms with Gasteiger partial charge in [0, 0.05) is 5.38 Å². The molecular formula is C5H3NO4S. The van der Waals surface area contributed by atoms with E-state index in [1.165, 1.54) is 22.8 Å². The molecule has 0 aliphatic carbocycles. The van der Waals surface area contributed by atoms with Crippen LogP contribution in [0.4, 0.5) is 0 Å². The van der Waals surface area contributed by atoms with Crippen molar-refractivity contribution in [2.24, 2.45) is 0 Å². The topological polar surface area (TPSA) is 69.4 Å². The molecule has 11 heavy (non-hydrogen) atoms. The zero-order valence-electron chi connectivity index (χ0n) is 5.22. The van der Waals surface area contributed by atoms with E-state index in [-0.39, 0.29) is 5.56 Å². The maximum atomic E-state index is 10.7. The van der Waals surface area contributed by atoms with Crippen LogP contribution in [0.1, 0.15) is 10.4 Å². The second-order valence-corrected chi connectivity index (χ2v) is 2.39. The molecule has 58 valence electrons. The van der Waals surface area contributed by atoms with Crippen molar-refractivity contribution in [3.05, 3.63) is 32.5 Å². The SMILES string of the molecule is O=C(O[N+](=O)[O-])c1ccsc1. The Morgan fingerprint density at radius 2 is 2.45 bits per heavy atom. The maximum Gasteiger partial charge on any atom is 0.335 e. The first-order chi connectivity index (χ1) is 5.20. The van der Waals surface area contributed by atoms with E-state index in [1.807, 2.05) is 0 Å². The van der Waals surface area contributed by atoms with Crippen LogP contribution in [0.5, 0.6) is 0 Å². The number of hydrogen-bond donors (Lipinski definition) is 0. The summed E-state index contributed by atoms with van der Waals surface area (Å²) in [5, 5.41) is 11.7. The van der Waals surface area contributed by atoms with Gasteiger partial charge in [-0.2, -0.15) is 11.3 Å². The summed E-state index contributed by atoms with van der Waals surface area (Å²) in [6, 6.07) is 1.45. The van der Waals surface area contributed by atoms with Crippen molar-refractivity contribution in [1.82, 2.24) is 0 Å². The fourth-order valence-corrected chi connectivity index (χ4v) is 1.13. The smallest absolute Gasteiger partial charge is 0.263 e. The summed E-state index contributed by atoms with van der Waals surface area (Å²) in [5.41, 5.74) is 0.201. The van der Waals surface area contributed by atoms with E-state index >= 15 is 0 Å². The monoisotopic (exact) mass is 173 g/mol. The van der Waals surface area contributed by atoms with Crippen molar-refractivity contribution in [2.45, 2.75) is 0 Å². The first-order valence-corrected chi connectivity index (χ1v) is 3.53. The Hall–Kier alpha value is -1.43. The summed E-state index contributed by atoms with van der Waals surface area (Å²) in [6.07, 6.45) is 0. The summed E-state index contributed by atoms with van der Waals surface area (Å²) in [5.74, 6) is -0.934. The molecule has 0 aliphatic rings. The molecule has 0 fully saturated rings. The second-order valence-electron chi connectivity index (χ2n) is 1.61. The van der Waals surface area contributed by atoms with E-state index in [4.69, 9.17) is 0 Å². The molecule has 0 aromatic carbocycles. The fraction of sp³-hybridized carbons (Fsp3) is 0. The van der Waals surface area contributed by atoms with Gasteiger partial charge in [-0.05, 0) is 11.4 Å². The van der Waals surface area contributed by atoms with Crippen molar-refractivity contribution in [2.75, 3.05) is 0 Å². The molecule has 1 aromatic rings. The van der Waals surface area contributed by atoms with E-state index < -0.39 is 11.1 Å². The lowest BCUT2D eigenvalue weighted by Crippen LogP contribution is -2.09. The third kappa shape index (κ3) is 2.01. The van der Waals surface area contributed by atoms with Gasteiger partial charge in [0.1, 0.15) is 0 Å². The Morgan fingerprint density at radius 1 is 1.73 bits per heavy atom. The number of carbonyl (C=O) groups is 1. The first kappa shape index (κ1) is 7.67. The molecule has 0 bridgehead atoms. The van der Waals surface area contributed by atoms with Crippen LogP contribution >= 0.6 is 11.3 Å². The number of thiophene rings is 1. The summed E-state index contributed by atoms with van der Waals surface area (Å²) >= 11 is 1.27. The van der Waals surface area contributed by atoms with Gasteiger partial charge in [0.05, 0.1) is 5.56 Å². The minimum Gasteiger partial charge on any atom is -0.263 e. The van der Waals surface area contributed by atoms with Gasteiger partial charge < -0.3 is 0 Å². The Balaban J connectivity index is 2.64. The lowest BCUT2D eigenvalue weighted by Gasteiger charge is -1.90. The first-order valence-electron chi connectivity index (χ1n) is 2.59. The maximum absolute atomic E-state index is 10.7. The molecule has 1 aromatic heterocycles. The molecule has 0 unspecified atom stereocenters. The van der Waals surface area contributed by atoms with E-state index in [1.54, 1.807) is 5.38 Å². The van der Waals surface area contributed by atoms with Gasteiger partial charge in [0.25, 0.3) is 0 Å². The molecule has 0 amide bonds. The molecule has 6 heteroatoms.